The Balaban J connectivity index is 1.75. The largest absolute Gasteiger partial charge is 0.357 e. The molecule has 4 nitrogen and oxygen atoms in total. The zero-order valence-electron chi connectivity index (χ0n) is 14.1. The molecule has 0 spiro atoms. The van der Waals surface area contributed by atoms with Gasteiger partial charge in [0.15, 0.2) is 0 Å². The summed E-state index contributed by atoms with van der Waals surface area (Å²) in [6.07, 6.45) is 0.712. The number of sulfonamides is 1. The van der Waals surface area contributed by atoms with Gasteiger partial charge in [-0.25, -0.2) is 8.42 Å². The number of H-pyrrole nitrogens is 1. The van der Waals surface area contributed by atoms with Crippen LogP contribution >= 0.6 is 11.6 Å². The monoisotopic (exact) mass is 374 g/mol. The lowest BCUT2D eigenvalue weighted by molar-refractivity contribution is 0.388. The molecule has 25 heavy (non-hydrogen) atoms. The Morgan fingerprint density at radius 2 is 1.88 bits per heavy atom. The van der Waals surface area contributed by atoms with Crippen LogP contribution in [0.3, 0.4) is 0 Å². The summed E-state index contributed by atoms with van der Waals surface area (Å²) in [5.74, 6) is 0. The minimum Gasteiger partial charge on any atom is -0.357 e. The molecule has 2 heterocycles. The van der Waals surface area contributed by atoms with Gasteiger partial charge in [-0.15, -0.1) is 0 Å². The molecule has 0 unspecified atom stereocenters. The van der Waals surface area contributed by atoms with Gasteiger partial charge in [-0.1, -0.05) is 29.8 Å². The molecule has 0 aliphatic carbocycles. The zero-order valence-corrected chi connectivity index (χ0v) is 15.7. The van der Waals surface area contributed by atoms with Crippen molar-refractivity contribution in [3.63, 3.8) is 0 Å². The van der Waals surface area contributed by atoms with E-state index in [2.05, 4.69) is 11.1 Å². The van der Waals surface area contributed by atoms with Gasteiger partial charge < -0.3 is 4.98 Å². The van der Waals surface area contributed by atoms with Crippen LogP contribution in [0, 0.1) is 13.8 Å². The Hall–Kier alpha value is -1.82. The lowest BCUT2D eigenvalue weighted by Gasteiger charge is -2.27. The van der Waals surface area contributed by atoms with E-state index in [0.29, 0.717) is 35.0 Å². The first kappa shape index (κ1) is 16.6. The number of rotatable bonds is 2. The van der Waals surface area contributed by atoms with Gasteiger partial charge in [0.05, 0.1) is 11.4 Å². The summed E-state index contributed by atoms with van der Waals surface area (Å²) in [5, 5.41) is 1.78. The van der Waals surface area contributed by atoms with E-state index >= 15 is 0 Å². The fourth-order valence-corrected chi connectivity index (χ4v) is 5.46. The second kappa shape index (κ2) is 5.87. The summed E-state index contributed by atoms with van der Waals surface area (Å²) in [6.45, 7) is 4.47. The molecule has 1 aliphatic heterocycles. The van der Waals surface area contributed by atoms with Gasteiger partial charge in [0.2, 0.25) is 10.0 Å². The summed E-state index contributed by atoms with van der Waals surface area (Å²) in [5.41, 5.74) is 4.72. The van der Waals surface area contributed by atoms with E-state index in [9.17, 15) is 8.42 Å². The average molecular weight is 375 g/mol. The topological polar surface area (TPSA) is 53.2 Å². The van der Waals surface area contributed by atoms with Crippen molar-refractivity contribution in [1.29, 1.82) is 0 Å². The van der Waals surface area contributed by atoms with Crippen molar-refractivity contribution in [1.82, 2.24) is 9.29 Å². The van der Waals surface area contributed by atoms with Crippen molar-refractivity contribution < 1.29 is 8.42 Å². The molecule has 1 N–H and O–H groups in total. The van der Waals surface area contributed by atoms with Crippen LogP contribution in [0.2, 0.25) is 5.02 Å². The van der Waals surface area contributed by atoms with E-state index < -0.39 is 10.0 Å². The standard InChI is InChI=1S/C19H19ClN2O2S/c1-12-10-19(13(2)9-16(12)20)25(23,24)22-8-7-15-14-5-3-4-6-17(14)21-18(15)11-22/h3-6,9-10,21H,7-8,11H2,1-2H3. The van der Waals surface area contributed by atoms with E-state index in [1.165, 1.54) is 10.9 Å². The summed E-state index contributed by atoms with van der Waals surface area (Å²) in [7, 11) is -3.56. The molecule has 0 saturated carbocycles. The highest BCUT2D eigenvalue weighted by Crippen LogP contribution is 2.32. The van der Waals surface area contributed by atoms with Gasteiger partial charge in [0.25, 0.3) is 0 Å². The predicted molar refractivity (Wildman–Crippen MR) is 101 cm³/mol. The van der Waals surface area contributed by atoms with Gasteiger partial charge >= 0.3 is 0 Å². The van der Waals surface area contributed by atoms with Crippen LogP contribution in [0.5, 0.6) is 0 Å². The Morgan fingerprint density at radius 3 is 2.68 bits per heavy atom. The first-order valence-corrected chi connectivity index (χ1v) is 10.0. The van der Waals surface area contributed by atoms with Crippen molar-refractivity contribution in [3.8, 4) is 0 Å². The fourth-order valence-electron chi connectivity index (χ4n) is 3.54. The third kappa shape index (κ3) is 2.67. The molecule has 3 aromatic rings. The number of hydrogen-bond acceptors (Lipinski definition) is 2. The van der Waals surface area contributed by atoms with Crippen LogP contribution in [0.1, 0.15) is 22.4 Å². The number of aromatic nitrogens is 1. The molecule has 0 atom stereocenters. The van der Waals surface area contributed by atoms with E-state index in [4.69, 9.17) is 11.6 Å². The number of aromatic amines is 1. The van der Waals surface area contributed by atoms with Crippen molar-refractivity contribution in [2.45, 2.75) is 31.7 Å². The maximum Gasteiger partial charge on any atom is 0.243 e. The third-order valence-electron chi connectivity index (χ3n) is 4.92. The van der Waals surface area contributed by atoms with Crippen molar-refractivity contribution >= 4 is 32.5 Å². The molecule has 1 aliphatic rings. The number of hydrogen-bond donors (Lipinski definition) is 1. The molecule has 0 amide bonds. The minimum absolute atomic E-state index is 0.342. The van der Waals surface area contributed by atoms with E-state index in [0.717, 1.165) is 16.8 Å². The number of nitrogens with zero attached hydrogens (tertiary/aromatic N) is 1. The molecule has 0 bridgehead atoms. The Bertz CT molecular complexity index is 1090. The predicted octanol–water partition coefficient (Wildman–Crippen LogP) is 4.19. The highest BCUT2D eigenvalue weighted by molar-refractivity contribution is 7.89. The van der Waals surface area contributed by atoms with Gasteiger partial charge in [0, 0.05) is 28.2 Å². The van der Waals surface area contributed by atoms with Gasteiger partial charge in [0.1, 0.15) is 0 Å². The van der Waals surface area contributed by atoms with Crippen LogP contribution in [-0.4, -0.2) is 24.3 Å². The van der Waals surface area contributed by atoms with Crippen LogP contribution < -0.4 is 0 Å². The third-order valence-corrected chi connectivity index (χ3v) is 7.32. The molecule has 6 heteroatoms. The maximum atomic E-state index is 13.2. The van der Waals surface area contributed by atoms with Crippen molar-refractivity contribution in [3.05, 3.63) is 63.8 Å². The van der Waals surface area contributed by atoms with Crippen molar-refractivity contribution in [2.24, 2.45) is 0 Å². The molecular formula is C19H19ClN2O2S. The second-order valence-corrected chi connectivity index (χ2v) is 8.90. The van der Waals surface area contributed by atoms with Gasteiger partial charge in [-0.3, -0.25) is 0 Å². The van der Waals surface area contributed by atoms with Crippen LogP contribution in [-0.2, 0) is 23.0 Å². The number of nitrogens with one attached hydrogen (secondary N) is 1. The van der Waals surface area contributed by atoms with Crippen molar-refractivity contribution in [2.75, 3.05) is 6.54 Å². The summed E-state index contributed by atoms with van der Waals surface area (Å²) >= 11 is 6.12. The molecule has 1 aromatic heterocycles. The normalized spacial score (nSPS) is 15.5. The number of para-hydroxylation sites is 1. The van der Waals surface area contributed by atoms with E-state index in [1.807, 2.05) is 25.1 Å². The van der Waals surface area contributed by atoms with Crippen LogP contribution in [0.4, 0.5) is 0 Å². The molecular weight excluding hydrogens is 356 g/mol. The van der Waals surface area contributed by atoms with Crippen LogP contribution in [0.25, 0.3) is 10.9 Å². The van der Waals surface area contributed by atoms with Gasteiger partial charge in [-0.2, -0.15) is 4.31 Å². The van der Waals surface area contributed by atoms with Gasteiger partial charge in [-0.05, 0) is 55.2 Å². The number of halogens is 1. The van der Waals surface area contributed by atoms with E-state index in [1.54, 1.807) is 23.4 Å². The Labute approximate surface area is 152 Å². The molecule has 0 radical (unpaired) electrons. The molecule has 0 saturated heterocycles. The lowest BCUT2D eigenvalue weighted by atomic mass is 10.1. The second-order valence-electron chi connectivity index (χ2n) is 6.58. The Kier molecular flexibility index (Phi) is 3.90. The number of benzene rings is 2. The average Bonchev–Trinajstić information content (AvgIpc) is 2.95. The molecule has 4 rings (SSSR count). The minimum atomic E-state index is -3.56. The molecule has 2 aromatic carbocycles. The number of aryl methyl sites for hydroxylation is 2. The summed E-state index contributed by atoms with van der Waals surface area (Å²) in [6, 6.07) is 11.5. The Morgan fingerprint density at radius 1 is 1.12 bits per heavy atom. The lowest BCUT2D eigenvalue weighted by Crippen LogP contribution is -2.36. The van der Waals surface area contributed by atoms with Crippen LogP contribution in [0.15, 0.2) is 41.3 Å². The highest BCUT2D eigenvalue weighted by atomic mass is 35.5. The molecule has 130 valence electrons. The fraction of sp³-hybridized carbons (Fsp3) is 0.263. The highest BCUT2D eigenvalue weighted by Gasteiger charge is 2.31. The number of fused-ring (bicyclic) bond motifs is 3. The molecule has 0 fully saturated rings. The summed E-state index contributed by atoms with van der Waals surface area (Å²) < 4.78 is 27.9. The SMILES string of the molecule is Cc1cc(S(=O)(=O)N2CCc3c([nH]c4ccccc34)C2)c(C)cc1Cl. The first-order chi connectivity index (χ1) is 11.9. The van der Waals surface area contributed by atoms with E-state index in [-0.39, 0.29) is 0 Å². The smallest absolute Gasteiger partial charge is 0.243 e. The maximum absolute atomic E-state index is 13.2. The zero-order chi connectivity index (χ0) is 17.8. The summed E-state index contributed by atoms with van der Waals surface area (Å²) in [4.78, 5) is 3.72. The first-order valence-electron chi connectivity index (χ1n) is 8.23. The quantitative estimate of drug-likeness (QED) is 0.731.